The molecule has 1 N–H and O–H groups in total. The number of nitrogens with zero attached hydrogens (tertiary/aromatic N) is 1. The smallest absolute Gasteiger partial charge is 0.243 e. The van der Waals surface area contributed by atoms with Gasteiger partial charge in [-0.2, -0.15) is 0 Å². The van der Waals surface area contributed by atoms with E-state index in [4.69, 9.17) is 11.6 Å². The minimum Gasteiger partial charge on any atom is -0.355 e. The molecule has 35 heavy (non-hydrogen) atoms. The van der Waals surface area contributed by atoms with Gasteiger partial charge in [-0.15, -0.1) is 11.8 Å². The first-order valence-corrected chi connectivity index (χ1v) is 12.8. The third-order valence-electron chi connectivity index (χ3n) is 5.45. The van der Waals surface area contributed by atoms with Crippen molar-refractivity contribution in [3.05, 3.63) is 106 Å². The van der Waals surface area contributed by atoms with Crippen LogP contribution in [0.15, 0.2) is 72.8 Å². The van der Waals surface area contributed by atoms with Crippen LogP contribution >= 0.6 is 23.4 Å². The van der Waals surface area contributed by atoms with E-state index in [1.165, 1.54) is 34.9 Å². The zero-order valence-electron chi connectivity index (χ0n) is 19.3. The largest absolute Gasteiger partial charge is 0.355 e. The van der Waals surface area contributed by atoms with E-state index in [0.29, 0.717) is 17.7 Å². The number of amides is 2. The van der Waals surface area contributed by atoms with E-state index in [1.807, 2.05) is 30.3 Å². The topological polar surface area (TPSA) is 49.4 Å². The molecule has 0 saturated heterocycles. The van der Waals surface area contributed by atoms with E-state index in [1.54, 1.807) is 31.2 Å². The Morgan fingerprint density at radius 2 is 1.66 bits per heavy atom. The van der Waals surface area contributed by atoms with E-state index < -0.39 is 17.7 Å². The molecule has 0 aliphatic heterocycles. The molecule has 0 aliphatic rings. The first-order chi connectivity index (χ1) is 16.9. The number of halogens is 3. The third-order valence-corrected chi connectivity index (χ3v) is 6.75. The van der Waals surface area contributed by atoms with E-state index in [-0.39, 0.29) is 41.3 Å². The highest BCUT2D eigenvalue weighted by Gasteiger charge is 2.30. The van der Waals surface area contributed by atoms with Gasteiger partial charge in [0.15, 0.2) is 0 Å². The Bertz CT molecular complexity index is 1130. The second-order valence-electron chi connectivity index (χ2n) is 7.91. The average Bonchev–Trinajstić information content (AvgIpc) is 2.85. The standard InChI is InChI=1S/C27H27ClF2N2O2S/c1-2-31-27(34)25(15-19-9-4-3-5-10-19)32(16-20-11-6-7-13-23(20)29)26(33)18-35-17-21-22(28)12-8-14-24(21)30/h3-14,25H,2,15-18H2,1H3,(H,31,34). The number of hydrogen-bond donors (Lipinski definition) is 1. The van der Waals surface area contributed by atoms with Crippen molar-refractivity contribution in [1.82, 2.24) is 10.2 Å². The molecule has 0 aromatic heterocycles. The molecule has 3 rings (SSSR count). The summed E-state index contributed by atoms with van der Waals surface area (Å²) in [7, 11) is 0. The van der Waals surface area contributed by atoms with Crippen LogP contribution in [0, 0.1) is 11.6 Å². The maximum absolute atomic E-state index is 14.5. The van der Waals surface area contributed by atoms with Crippen LogP contribution < -0.4 is 5.32 Å². The van der Waals surface area contributed by atoms with Gasteiger partial charge in [0, 0.05) is 41.4 Å². The Labute approximate surface area is 213 Å². The van der Waals surface area contributed by atoms with Gasteiger partial charge < -0.3 is 10.2 Å². The fraction of sp³-hybridized carbons (Fsp3) is 0.259. The maximum Gasteiger partial charge on any atom is 0.243 e. The Balaban J connectivity index is 1.86. The van der Waals surface area contributed by atoms with Crippen LogP contribution in [0.4, 0.5) is 8.78 Å². The average molecular weight is 517 g/mol. The molecule has 0 heterocycles. The minimum absolute atomic E-state index is 0.0240. The molecule has 1 atom stereocenters. The lowest BCUT2D eigenvalue weighted by Gasteiger charge is -2.31. The molecule has 1 unspecified atom stereocenters. The highest BCUT2D eigenvalue weighted by molar-refractivity contribution is 7.99. The van der Waals surface area contributed by atoms with Gasteiger partial charge in [0.2, 0.25) is 11.8 Å². The van der Waals surface area contributed by atoms with Crippen LogP contribution in [0.2, 0.25) is 5.02 Å². The first kappa shape index (κ1) is 26.7. The van der Waals surface area contributed by atoms with Crippen LogP contribution in [0.3, 0.4) is 0 Å². The zero-order valence-corrected chi connectivity index (χ0v) is 20.9. The normalized spacial score (nSPS) is 11.7. The summed E-state index contributed by atoms with van der Waals surface area (Å²) in [6.07, 6.45) is 0.274. The zero-order chi connectivity index (χ0) is 25.2. The Kier molecular flexibility index (Phi) is 10.1. The molecule has 0 spiro atoms. The lowest BCUT2D eigenvalue weighted by molar-refractivity contribution is -0.139. The van der Waals surface area contributed by atoms with Crippen molar-refractivity contribution >= 4 is 35.2 Å². The van der Waals surface area contributed by atoms with Gasteiger partial charge in [-0.1, -0.05) is 66.2 Å². The van der Waals surface area contributed by atoms with Crippen molar-refractivity contribution < 1.29 is 18.4 Å². The summed E-state index contributed by atoms with van der Waals surface area (Å²) in [5.41, 5.74) is 1.50. The number of carbonyl (C=O) groups is 2. The fourth-order valence-corrected chi connectivity index (χ4v) is 4.90. The summed E-state index contributed by atoms with van der Waals surface area (Å²) in [5.74, 6) is -1.39. The van der Waals surface area contributed by atoms with Gasteiger partial charge in [-0.3, -0.25) is 9.59 Å². The van der Waals surface area contributed by atoms with Crippen molar-refractivity contribution in [2.24, 2.45) is 0 Å². The van der Waals surface area contributed by atoms with Crippen molar-refractivity contribution in [3.8, 4) is 0 Å². The lowest BCUT2D eigenvalue weighted by Crippen LogP contribution is -2.51. The number of thioether (sulfide) groups is 1. The van der Waals surface area contributed by atoms with Crippen molar-refractivity contribution in [2.75, 3.05) is 12.3 Å². The van der Waals surface area contributed by atoms with Gasteiger partial charge in [0.05, 0.1) is 5.75 Å². The molecule has 0 aliphatic carbocycles. The fourth-order valence-electron chi connectivity index (χ4n) is 3.65. The molecule has 0 radical (unpaired) electrons. The number of likely N-dealkylation sites (N-methyl/N-ethyl adjacent to an activating group) is 1. The Morgan fingerprint density at radius 1 is 0.971 bits per heavy atom. The van der Waals surface area contributed by atoms with E-state index in [0.717, 1.165) is 5.56 Å². The van der Waals surface area contributed by atoms with Gasteiger partial charge in [0.1, 0.15) is 17.7 Å². The summed E-state index contributed by atoms with van der Waals surface area (Å²) in [6, 6.07) is 19.1. The number of benzene rings is 3. The number of carbonyl (C=O) groups excluding carboxylic acids is 2. The van der Waals surface area contributed by atoms with Crippen LogP contribution in [-0.2, 0) is 28.3 Å². The monoisotopic (exact) mass is 516 g/mol. The quantitative estimate of drug-likeness (QED) is 0.359. The molecule has 8 heteroatoms. The molecule has 0 bridgehead atoms. The summed E-state index contributed by atoms with van der Waals surface area (Å²) >= 11 is 7.30. The summed E-state index contributed by atoms with van der Waals surface area (Å²) in [6.45, 7) is 2.13. The van der Waals surface area contributed by atoms with E-state index in [2.05, 4.69) is 5.32 Å². The van der Waals surface area contributed by atoms with Gasteiger partial charge in [0.25, 0.3) is 0 Å². The van der Waals surface area contributed by atoms with Crippen LogP contribution in [0.1, 0.15) is 23.6 Å². The summed E-state index contributed by atoms with van der Waals surface area (Å²) in [5, 5.41) is 3.09. The Hall–Kier alpha value is -2.90. The third kappa shape index (κ3) is 7.54. The predicted octanol–water partition coefficient (Wildman–Crippen LogP) is 5.63. The number of rotatable bonds is 11. The van der Waals surface area contributed by atoms with E-state index in [9.17, 15) is 18.4 Å². The molecule has 2 amide bonds. The summed E-state index contributed by atoms with van der Waals surface area (Å²) < 4.78 is 28.7. The van der Waals surface area contributed by atoms with Crippen LogP contribution in [-0.4, -0.2) is 35.1 Å². The molecular formula is C27H27ClF2N2O2S. The van der Waals surface area contributed by atoms with Crippen molar-refractivity contribution in [1.29, 1.82) is 0 Å². The van der Waals surface area contributed by atoms with E-state index >= 15 is 0 Å². The molecule has 4 nitrogen and oxygen atoms in total. The molecule has 184 valence electrons. The van der Waals surface area contributed by atoms with Gasteiger partial charge in [-0.25, -0.2) is 8.78 Å². The van der Waals surface area contributed by atoms with Crippen molar-refractivity contribution in [3.63, 3.8) is 0 Å². The molecule has 0 fully saturated rings. The molecule has 3 aromatic carbocycles. The maximum atomic E-state index is 14.5. The van der Waals surface area contributed by atoms with Gasteiger partial charge >= 0.3 is 0 Å². The molecular weight excluding hydrogens is 490 g/mol. The second-order valence-corrected chi connectivity index (χ2v) is 9.30. The van der Waals surface area contributed by atoms with Crippen LogP contribution in [0.25, 0.3) is 0 Å². The molecule has 0 saturated carbocycles. The number of hydrogen-bond acceptors (Lipinski definition) is 3. The van der Waals surface area contributed by atoms with Gasteiger partial charge in [-0.05, 0) is 30.7 Å². The highest BCUT2D eigenvalue weighted by Crippen LogP contribution is 2.25. The second kappa shape index (κ2) is 13.3. The summed E-state index contributed by atoms with van der Waals surface area (Å²) in [4.78, 5) is 27.9. The Morgan fingerprint density at radius 3 is 2.34 bits per heavy atom. The SMILES string of the molecule is CCNC(=O)C(Cc1ccccc1)N(Cc1ccccc1F)C(=O)CSCc1c(F)cccc1Cl. The molecule has 3 aromatic rings. The minimum atomic E-state index is -0.845. The predicted molar refractivity (Wildman–Crippen MR) is 137 cm³/mol. The lowest BCUT2D eigenvalue weighted by atomic mass is 10.0. The number of nitrogens with one attached hydrogen (secondary N) is 1. The highest BCUT2D eigenvalue weighted by atomic mass is 35.5. The van der Waals surface area contributed by atoms with Crippen molar-refractivity contribution in [2.45, 2.75) is 31.7 Å². The van der Waals surface area contributed by atoms with Crippen LogP contribution in [0.5, 0.6) is 0 Å². The first-order valence-electron chi connectivity index (χ1n) is 11.3.